The second-order valence-corrected chi connectivity index (χ2v) is 17.4. The van der Waals surface area contributed by atoms with E-state index in [1.807, 2.05) is 0 Å². The first-order chi connectivity index (χ1) is 17.9. The Morgan fingerprint density at radius 2 is 0.579 bits per heavy atom. The van der Waals surface area contributed by atoms with Crippen LogP contribution in [-0.2, 0) is 54.5 Å². The van der Waals surface area contributed by atoms with Crippen molar-refractivity contribution in [2.45, 2.75) is 85.1 Å². The van der Waals surface area contributed by atoms with Crippen LogP contribution in [0, 0.1) is 0 Å². The Kier molecular flexibility index (Phi) is 19.2. The van der Waals surface area contributed by atoms with Gasteiger partial charge in [-0.3, -0.25) is 18.3 Å². The maximum absolute atomic E-state index is 13.9. The fraction of sp³-hybridized carbons (Fsp3) is 1.00. The quantitative estimate of drug-likeness (QED) is 0.110. The minimum Gasteiger partial charge on any atom is -0.328 e. The Labute approximate surface area is 228 Å². The fourth-order valence-corrected chi connectivity index (χ4v) is 14.8. The lowest BCUT2D eigenvalue weighted by atomic mass is 10.2. The summed E-state index contributed by atoms with van der Waals surface area (Å²) in [4.78, 5) is 0. The van der Waals surface area contributed by atoms with Gasteiger partial charge in [-0.1, -0.05) is 0 Å². The molecule has 13 nitrogen and oxygen atoms in total. The monoisotopic (exact) mass is 631 g/mol. The SMILES string of the molecule is CCOP(=O)(OCC)C(CC(N)CC(P(=O)(OCC)OCC)P(=O)(OCC)OCC)P(=O)(OCC)OCC. The molecule has 17 heteroatoms. The van der Waals surface area contributed by atoms with Gasteiger partial charge in [0.05, 0.1) is 52.9 Å². The average Bonchev–Trinajstić information content (AvgIpc) is 2.82. The summed E-state index contributed by atoms with van der Waals surface area (Å²) in [5.41, 5.74) is 6.50. The molecule has 0 rings (SSSR count). The fourth-order valence-electron chi connectivity index (χ4n) is 3.78. The lowest BCUT2D eigenvalue weighted by Gasteiger charge is -2.35. The third kappa shape index (κ3) is 11.1. The average molecular weight is 632 g/mol. The van der Waals surface area contributed by atoms with Crippen molar-refractivity contribution in [1.82, 2.24) is 0 Å². The molecule has 0 aromatic heterocycles. The summed E-state index contributed by atoms with van der Waals surface area (Å²) in [6.07, 6.45) is -0.552. The molecule has 0 aromatic rings. The standard InChI is InChI=1S/C21H49NO12P4/c1-9-27-35(23,28-10-2)20(36(24,29-11-3)30-12-4)17-19(22)18-21(37(25,31-13-5)32-14-6)38(26,33-15-7)34-16-8/h19-21H,9-18,22H2,1-8H3. The van der Waals surface area contributed by atoms with Gasteiger partial charge in [-0.05, 0) is 68.2 Å². The molecule has 0 saturated heterocycles. The van der Waals surface area contributed by atoms with Gasteiger partial charge < -0.3 is 41.9 Å². The summed E-state index contributed by atoms with van der Waals surface area (Å²) in [5.74, 6) is 0. The molecule has 0 aliphatic heterocycles. The van der Waals surface area contributed by atoms with Crippen LogP contribution in [0.15, 0.2) is 0 Å². The summed E-state index contributed by atoms with van der Waals surface area (Å²) in [5, 5.41) is -2.83. The Bertz CT molecular complexity index is 679. The highest BCUT2D eigenvalue weighted by Crippen LogP contribution is 2.74. The zero-order chi connectivity index (χ0) is 29.5. The summed E-state index contributed by atoms with van der Waals surface area (Å²) in [6.45, 7) is 12.9. The highest BCUT2D eigenvalue weighted by Gasteiger charge is 2.54. The van der Waals surface area contributed by atoms with Gasteiger partial charge in [0.2, 0.25) is 0 Å². The molecule has 0 fully saturated rings. The summed E-state index contributed by atoms with van der Waals surface area (Å²) >= 11 is 0. The third-order valence-electron chi connectivity index (χ3n) is 4.96. The molecular weight excluding hydrogens is 582 g/mol. The van der Waals surface area contributed by atoms with Crippen molar-refractivity contribution in [3.8, 4) is 0 Å². The predicted molar refractivity (Wildman–Crippen MR) is 148 cm³/mol. The highest BCUT2D eigenvalue weighted by molar-refractivity contribution is 7.73. The molecule has 0 aromatic carbocycles. The largest absolute Gasteiger partial charge is 0.345 e. The molecule has 0 heterocycles. The number of rotatable bonds is 24. The topological polar surface area (TPSA) is 168 Å². The maximum atomic E-state index is 13.9. The van der Waals surface area contributed by atoms with Gasteiger partial charge in [-0.25, -0.2) is 0 Å². The van der Waals surface area contributed by atoms with Crippen molar-refractivity contribution in [2.24, 2.45) is 5.73 Å². The van der Waals surface area contributed by atoms with E-state index in [-0.39, 0.29) is 65.7 Å². The Morgan fingerprint density at radius 3 is 0.711 bits per heavy atom. The van der Waals surface area contributed by atoms with Gasteiger partial charge in [0.25, 0.3) is 0 Å². The minimum absolute atomic E-state index is 0.00233. The maximum Gasteiger partial charge on any atom is 0.345 e. The molecule has 0 saturated carbocycles. The van der Waals surface area contributed by atoms with E-state index in [1.165, 1.54) is 0 Å². The molecule has 38 heavy (non-hydrogen) atoms. The number of nitrogens with two attached hydrogens (primary N) is 1. The first kappa shape index (κ1) is 38.6. The van der Waals surface area contributed by atoms with Crippen LogP contribution >= 0.6 is 30.4 Å². The van der Waals surface area contributed by atoms with Crippen LogP contribution in [0.2, 0.25) is 0 Å². The molecule has 0 amide bonds. The second kappa shape index (κ2) is 18.9. The van der Waals surface area contributed by atoms with E-state index in [1.54, 1.807) is 55.4 Å². The number of hydrogen-bond acceptors (Lipinski definition) is 13. The van der Waals surface area contributed by atoms with Gasteiger partial charge in [0.1, 0.15) is 0 Å². The van der Waals surface area contributed by atoms with Crippen LogP contribution in [0.4, 0.5) is 0 Å². The summed E-state index contributed by atoms with van der Waals surface area (Å²) in [7, 11) is -16.4. The molecule has 0 spiro atoms. The van der Waals surface area contributed by atoms with Crippen LogP contribution < -0.4 is 5.73 Å². The predicted octanol–water partition coefficient (Wildman–Crippen LogP) is 6.81. The Balaban J connectivity index is 6.74. The van der Waals surface area contributed by atoms with Gasteiger partial charge in [0, 0.05) is 6.04 Å². The van der Waals surface area contributed by atoms with Crippen molar-refractivity contribution >= 4 is 30.4 Å². The molecule has 2 N–H and O–H groups in total. The number of hydrogen-bond donors (Lipinski definition) is 1. The van der Waals surface area contributed by atoms with Crippen LogP contribution in [-0.4, -0.2) is 69.7 Å². The van der Waals surface area contributed by atoms with Gasteiger partial charge in [-0.15, -0.1) is 0 Å². The molecule has 0 radical (unpaired) electrons. The Hall–Kier alpha value is 0.560. The minimum atomic E-state index is -4.10. The molecular formula is C21H49NO12P4. The van der Waals surface area contributed by atoms with Crippen LogP contribution in [0.3, 0.4) is 0 Å². The molecule has 0 aliphatic rings. The first-order valence-corrected chi connectivity index (χ1v) is 19.6. The first-order valence-electron chi connectivity index (χ1n) is 13.2. The lowest BCUT2D eigenvalue weighted by Crippen LogP contribution is -2.33. The zero-order valence-corrected chi connectivity index (χ0v) is 27.6. The van der Waals surface area contributed by atoms with Crippen molar-refractivity contribution in [1.29, 1.82) is 0 Å². The van der Waals surface area contributed by atoms with Crippen molar-refractivity contribution in [2.75, 3.05) is 52.9 Å². The van der Waals surface area contributed by atoms with Crippen LogP contribution in [0.1, 0.15) is 68.2 Å². The van der Waals surface area contributed by atoms with E-state index < -0.39 is 47.2 Å². The summed E-state index contributed by atoms with van der Waals surface area (Å²) < 4.78 is 99.6. The third-order valence-corrected chi connectivity index (χ3v) is 17.1. The zero-order valence-electron chi connectivity index (χ0n) is 24.1. The lowest BCUT2D eigenvalue weighted by molar-refractivity contribution is 0.189. The summed E-state index contributed by atoms with van der Waals surface area (Å²) in [6, 6.07) is -1.03. The van der Waals surface area contributed by atoms with E-state index in [2.05, 4.69) is 0 Å². The second-order valence-electron chi connectivity index (χ2n) is 7.69. The molecule has 0 bridgehead atoms. The Morgan fingerprint density at radius 1 is 0.421 bits per heavy atom. The van der Waals surface area contributed by atoms with Gasteiger partial charge in [-0.2, -0.15) is 0 Å². The normalized spacial score (nSPS) is 13.8. The van der Waals surface area contributed by atoms with Crippen molar-refractivity contribution in [3.63, 3.8) is 0 Å². The smallest absolute Gasteiger partial charge is 0.328 e. The van der Waals surface area contributed by atoms with E-state index in [0.29, 0.717) is 0 Å². The van der Waals surface area contributed by atoms with E-state index in [0.717, 1.165) is 0 Å². The van der Waals surface area contributed by atoms with E-state index in [9.17, 15) is 18.3 Å². The molecule has 0 unspecified atom stereocenters. The molecule has 230 valence electrons. The van der Waals surface area contributed by atoms with Gasteiger partial charge in [0.15, 0.2) is 10.8 Å². The van der Waals surface area contributed by atoms with Crippen LogP contribution in [0.5, 0.6) is 0 Å². The van der Waals surface area contributed by atoms with Gasteiger partial charge >= 0.3 is 30.4 Å². The molecule has 0 atom stereocenters. The van der Waals surface area contributed by atoms with Crippen molar-refractivity contribution < 1.29 is 54.5 Å². The van der Waals surface area contributed by atoms with E-state index in [4.69, 9.17) is 41.9 Å². The highest BCUT2D eigenvalue weighted by atomic mass is 31.2. The van der Waals surface area contributed by atoms with Crippen LogP contribution in [0.25, 0.3) is 0 Å². The van der Waals surface area contributed by atoms with Crippen molar-refractivity contribution in [3.05, 3.63) is 0 Å². The molecule has 0 aliphatic carbocycles. The van der Waals surface area contributed by atoms with E-state index >= 15 is 0 Å².